The number of imide groups is 1. The van der Waals surface area contributed by atoms with Gasteiger partial charge in [0.1, 0.15) is 6.33 Å². The second-order valence-corrected chi connectivity index (χ2v) is 4.70. The van der Waals surface area contributed by atoms with Crippen LogP contribution in [0.4, 0.5) is 0 Å². The van der Waals surface area contributed by atoms with E-state index in [2.05, 4.69) is 15.3 Å². The second-order valence-electron chi connectivity index (χ2n) is 4.70. The lowest BCUT2D eigenvalue weighted by Gasteiger charge is -2.21. The van der Waals surface area contributed by atoms with Gasteiger partial charge in [0, 0.05) is 18.8 Å². The first kappa shape index (κ1) is 13.6. The maximum Gasteiger partial charge on any atom is 0.247 e. The summed E-state index contributed by atoms with van der Waals surface area (Å²) in [6, 6.07) is 1.31. The maximum atomic E-state index is 12.1. The lowest BCUT2D eigenvalue weighted by Crippen LogP contribution is -2.42. The summed E-state index contributed by atoms with van der Waals surface area (Å²) in [5, 5.41) is 3.08. The molecular weight excluding hydrogens is 244 g/mol. The van der Waals surface area contributed by atoms with Gasteiger partial charge in [0.15, 0.2) is 0 Å². The van der Waals surface area contributed by atoms with Crippen LogP contribution in [0.2, 0.25) is 0 Å². The van der Waals surface area contributed by atoms with Crippen LogP contribution in [0.25, 0.3) is 0 Å². The standard InChI is InChI=1S/C13H18N4O2/c1-3-9(2)17-12(18)6-11(13(17)19)15-7-10-4-5-14-8-16-10/h4-5,8-9,11,15H,3,6-7H2,1-2H3. The third kappa shape index (κ3) is 2.96. The van der Waals surface area contributed by atoms with E-state index < -0.39 is 6.04 Å². The van der Waals surface area contributed by atoms with E-state index in [4.69, 9.17) is 0 Å². The zero-order valence-corrected chi connectivity index (χ0v) is 11.2. The fraction of sp³-hybridized carbons (Fsp3) is 0.538. The van der Waals surface area contributed by atoms with Crippen LogP contribution in [0.5, 0.6) is 0 Å². The molecule has 2 heterocycles. The van der Waals surface area contributed by atoms with E-state index in [0.717, 1.165) is 12.1 Å². The molecule has 0 spiro atoms. The van der Waals surface area contributed by atoms with Crippen LogP contribution in [0, 0.1) is 0 Å². The fourth-order valence-corrected chi connectivity index (χ4v) is 2.11. The van der Waals surface area contributed by atoms with E-state index in [-0.39, 0.29) is 24.3 Å². The van der Waals surface area contributed by atoms with Gasteiger partial charge in [-0.05, 0) is 19.4 Å². The number of likely N-dealkylation sites (tertiary alicyclic amines) is 1. The molecule has 1 fully saturated rings. The van der Waals surface area contributed by atoms with E-state index in [1.807, 2.05) is 13.8 Å². The molecule has 6 nitrogen and oxygen atoms in total. The Kier molecular flexibility index (Phi) is 4.21. The van der Waals surface area contributed by atoms with E-state index in [9.17, 15) is 9.59 Å². The Hall–Kier alpha value is -1.82. The van der Waals surface area contributed by atoms with Gasteiger partial charge in [-0.2, -0.15) is 0 Å². The smallest absolute Gasteiger partial charge is 0.247 e. The van der Waals surface area contributed by atoms with Gasteiger partial charge in [-0.25, -0.2) is 9.97 Å². The highest BCUT2D eigenvalue weighted by molar-refractivity contribution is 6.05. The summed E-state index contributed by atoms with van der Waals surface area (Å²) in [5.41, 5.74) is 0.803. The van der Waals surface area contributed by atoms with Gasteiger partial charge < -0.3 is 0 Å². The van der Waals surface area contributed by atoms with Crippen molar-refractivity contribution < 1.29 is 9.59 Å². The molecule has 2 rings (SSSR count). The molecule has 0 aromatic carbocycles. The molecule has 0 radical (unpaired) electrons. The third-order valence-corrected chi connectivity index (χ3v) is 3.39. The monoisotopic (exact) mass is 262 g/mol. The summed E-state index contributed by atoms with van der Waals surface area (Å²) < 4.78 is 0. The number of rotatable bonds is 5. The minimum atomic E-state index is -0.434. The Morgan fingerprint density at radius 2 is 2.32 bits per heavy atom. The lowest BCUT2D eigenvalue weighted by molar-refractivity contribution is -0.141. The lowest BCUT2D eigenvalue weighted by atomic mass is 10.2. The van der Waals surface area contributed by atoms with E-state index in [1.54, 1.807) is 12.3 Å². The number of hydrogen-bond acceptors (Lipinski definition) is 5. The summed E-state index contributed by atoms with van der Waals surface area (Å²) in [4.78, 5) is 33.3. The summed E-state index contributed by atoms with van der Waals surface area (Å²) in [7, 11) is 0. The largest absolute Gasteiger partial charge is 0.300 e. The van der Waals surface area contributed by atoms with E-state index >= 15 is 0 Å². The van der Waals surface area contributed by atoms with Crippen LogP contribution in [-0.2, 0) is 16.1 Å². The van der Waals surface area contributed by atoms with Crippen LogP contribution in [0.1, 0.15) is 32.4 Å². The van der Waals surface area contributed by atoms with Crippen LogP contribution in [-0.4, -0.2) is 38.8 Å². The first-order chi connectivity index (χ1) is 9.13. The normalized spacial score (nSPS) is 20.9. The predicted octanol–water partition coefficient (Wildman–Crippen LogP) is 0.492. The molecule has 1 N–H and O–H groups in total. The van der Waals surface area contributed by atoms with Crippen molar-refractivity contribution in [3.8, 4) is 0 Å². The van der Waals surface area contributed by atoms with Gasteiger partial charge in [-0.3, -0.25) is 19.8 Å². The highest BCUT2D eigenvalue weighted by Gasteiger charge is 2.40. The van der Waals surface area contributed by atoms with Crippen molar-refractivity contribution in [2.45, 2.75) is 45.3 Å². The number of carbonyl (C=O) groups excluding carboxylic acids is 2. The topological polar surface area (TPSA) is 75.2 Å². The Labute approximate surface area is 112 Å². The zero-order chi connectivity index (χ0) is 13.8. The molecule has 1 aliphatic rings. The molecule has 2 amide bonds. The van der Waals surface area contributed by atoms with Gasteiger partial charge in [-0.1, -0.05) is 6.92 Å². The highest BCUT2D eigenvalue weighted by atomic mass is 16.2. The van der Waals surface area contributed by atoms with Crippen molar-refractivity contribution in [1.82, 2.24) is 20.2 Å². The number of aromatic nitrogens is 2. The van der Waals surface area contributed by atoms with Gasteiger partial charge >= 0.3 is 0 Å². The minimum absolute atomic E-state index is 0.0362. The van der Waals surface area contributed by atoms with Crippen LogP contribution < -0.4 is 5.32 Å². The van der Waals surface area contributed by atoms with Gasteiger partial charge in [-0.15, -0.1) is 0 Å². The number of nitrogens with one attached hydrogen (secondary N) is 1. The summed E-state index contributed by atoms with van der Waals surface area (Å²) in [6.07, 6.45) is 4.12. The Morgan fingerprint density at radius 1 is 1.53 bits per heavy atom. The third-order valence-electron chi connectivity index (χ3n) is 3.39. The molecule has 1 aromatic rings. The molecular formula is C13H18N4O2. The molecule has 2 atom stereocenters. The Bertz CT molecular complexity index is 463. The second kappa shape index (κ2) is 5.88. The molecule has 0 bridgehead atoms. The SMILES string of the molecule is CCC(C)N1C(=O)CC(NCc2ccncn2)C1=O. The fourth-order valence-electron chi connectivity index (χ4n) is 2.11. The quantitative estimate of drug-likeness (QED) is 0.782. The van der Waals surface area contributed by atoms with Crippen molar-refractivity contribution in [1.29, 1.82) is 0 Å². The van der Waals surface area contributed by atoms with Gasteiger partial charge in [0.2, 0.25) is 11.8 Å². The molecule has 2 unspecified atom stereocenters. The summed E-state index contributed by atoms with van der Waals surface area (Å²) >= 11 is 0. The van der Waals surface area contributed by atoms with Crippen LogP contribution >= 0.6 is 0 Å². The molecule has 0 aliphatic carbocycles. The number of nitrogens with zero attached hydrogens (tertiary/aromatic N) is 3. The van der Waals surface area contributed by atoms with Crippen molar-refractivity contribution in [2.24, 2.45) is 0 Å². The highest BCUT2D eigenvalue weighted by Crippen LogP contribution is 2.18. The minimum Gasteiger partial charge on any atom is -0.300 e. The average Bonchev–Trinajstić information content (AvgIpc) is 2.71. The van der Waals surface area contributed by atoms with Crippen molar-refractivity contribution in [3.63, 3.8) is 0 Å². The van der Waals surface area contributed by atoms with Gasteiger partial charge in [0.25, 0.3) is 0 Å². The molecule has 102 valence electrons. The zero-order valence-electron chi connectivity index (χ0n) is 11.2. The Balaban J connectivity index is 1.96. The van der Waals surface area contributed by atoms with Gasteiger partial charge in [0.05, 0.1) is 18.2 Å². The van der Waals surface area contributed by atoms with Crippen LogP contribution in [0.3, 0.4) is 0 Å². The molecule has 1 aromatic heterocycles. The van der Waals surface area contributed by atoms with Crippen molar-refractivity contribution in [3.05, 3.63) is 24.3 Å². The summed E-state index contributed by atoms with van der Waals surface area (Å²) in [5.74, 6) is -0.229. The van der Waals surface area contributed by atoms with E-state index in [1.165, 1.54) is 11.2 Å². The molecule has 19 heavy (non-hydrogen) atoms. The van der Waals surface area contributed by atoms with Crippen molar-refractivity contribution >= 4 is 11.8 Å². The number of amides is 2. The number of hydrogen-bond donors (Lipinski definition) is 1. The Morgan fingerprint density at radius 3 is 2.95 bits per heavy atom. The predicted molar refractivity (Wildman–Crippen MR) is 68.9 cm³/mol. The average molecular weight is 262 g/mol. The summed E-state index contributed by atoms with van der Waals surface area (Å²) in [6.45, 7) is 4.32. The van der Waals surface area contributed by atoms with Crippen LogP contribution in [0.15, 0.2) is 18.6 Å². The molecule has 0 saturated carbocycles. The van der Waals surface area contributed by atoms with Crippen molar-refractivity contribution in [2.75, 3.05) is 0 Å². The number of carbonyl (C=O) groups is 2. The first-order valence-electron chi connectivity index (χ1n) is 6.47. The molecule has 6 heteroatoms. The van der Waals surface area contributed by atoms with E-state index in [0.29, 0.717) is 6.54 Å². The maximum absolute atomic E-state index is 12.1. The first-order valence-corrected chi connectivity index (χ1v) is 6.47. The molecule has 1 aliphatic heterocycles. The molecule has 1 saturated heterocycles.